The maximum Gasteiger partial charge on any atom is 0.189 e. The maximum atomic E-state index is 12.9. The summed E-state index contributed by atoms with van der Waals surface area (Å²) >= 11 is 0. The van der Waals surface area contributed by atoms with Crippen molar-refractivity contribution in [3.63, 3.8) is 0 Å². The Balaban J connectivity index is 2.41. The van der Waals surface area contributed by atoms with Crippen molar-refractivity contribution in [3.05, 3.63) is 23.3 Å². The van der Waals surface area contributed by atoms with Crippen molar-refractivity contribution in [2.24, 2.45) is 22.7 Å². The standard InChI is InChI=1S/C18H24O4/c1-9-7-16(4)14(20)17(5,21)11(9)12-15(16,3)8-10(2)13(19)18(12,6)22/h7-8,11-12,21-22H,1-6H3/t11-,12-,15-,16+,17+,18?/m1/s1. The van der Waals surface area contributed by atoms with Crippen LogP contribution in [0, 0.1) is 22.7 Å². The molecule has 0 aromatic rings. The molecule has 0 amide bonds. The van der Waals surface area contributed by atoms with Crippen molar-refractivity contribution in [1.29, 1.82) is 0 Å². The van der Waals surface area contributed by atoms with Gasteiger partial charge in [-0.15, -0.1) is 0 Å². The molecule has 4 nitrogen and oxygen atoms in total. The van der Waals surface area contributed by atoms with Crippen LogP contribution in [-0.4, -0.2) is 33.0 Å². The van der Waals surface area contributed by atoms with Gasteiger partial charge in [0, 0.05) is 17.3 Å². The molecule has 1 saturated carbocycles. The van der Waals surface area contributed by atoms with Crippen molar-refractivity contribution in [2.75, 3.05) is 0 Å². The number of allylic oxidation sites excluding steroid dienone is 2. The number of aliphatic hydroxyl groups is 2. The number of Topliss-reactive ketones (excluding diaryl/α,β-unsaturated/α-hetero) is 2. The summed E-state index contributed by atoms with van der Waals surface area (Å²) in [5, 5.41) is 21.9. The highest BCUT2D eigenvalue weighted by Gasteiger charge is 2.73. The molecule has 4 heteroatoms. The monoisotopic (exact) mass is 304 g/mol. The van der Waals surface area contributed by atoms with Crippen LogP contribution in [0.3, 0.4) is 0 Å². The van der Waals surface area contributed by atoms with Gasteiger partial charge in [0.15, 0.2) is 11.6 Å². The van der Waals surface area contributed by atoms with E-state index in [-0.39, 0.29) is 11.6 Å². The van der Waals surface area contributed by atoms with Crippen molar-refractivity contribution < 1.29 is 19.8 Å². The van der Waals surface area contributed by atoms with Crippen LogP contribution >= 0.6 is 0 Å². The molecular formula is C18H24O4. The molecule has 1 unspecified atom stereocenters. The Kier molecular flexibility index (Phi) is 2.70. The lowest BCUT2D eigenvalue weighted by Crippen LogP contribution is -2.74. The van der Waals surface area contributed by atoms with Gasteiger partial charge in [-0.2, -0.15) is 0 Å². The first-order chi connectivity index (χ1) is 9.82. The molecular weight excluding hydrogens is 280 g/mol. The Bertz CT molecular complexity index is 667. The minimum atomic E-state index is -1.60. The lowest BCUT2D eigenvalue weighted by atomic mass is 9.37. The van der Waals surface area contributed by atoms with Crippen LogP contribution in [0.15, 0.2) is 23.3 Å². The van der Waals surface area contributed by atoms with Crippen molar-refractivity contribution in [1.82, 2.24) is 0 Å². The summed E-state index contributed by atoms with van der Waals surface area (Å²) in [4.78, 5) is 25.5. The van der Waals surface area contributed by atoms with Gasteiger partial charge in [-0.1, -0.05) is 24.6 Å². The number of carbonyl (C=O) groups excluding carboxylic acids is 2. The first kappa shape index (κ1) is 15.6. The van der Waals surface area contributed by atoms with Crippen molar-refractivity contribution in [2.45, 2.75) is 52.7 Å². The number of hydrogen-bond acceptors (Lipinski definition) is 4. The van der Waals surface area contributed by atoms with Gasteiger partial charge in [-0.05, 0) is 40.2 Å². The van der Waals surface area contributed by atoms with E-state index >= 15 is 0 Å². The van der Waals surface area contributed by atoms with Crippen LogP contribution in [0.4, 0.5) is 0 Å². The number of rotatable bonds is 0. The minimum Gasteiger partial charge on any atom is -0.382 e. The normalized spacial score (nSPS) is 54.0. The first-order valence-corrected chi connectivity index (χ1v) is 7.75. The predicted molar refractivity (Wildman–Crippen MR) is 82.0 cm³/mol. The molecule has 0 saturated heterocycles. The van der Waals surface area contributed by atoms with Crippen LogP contribution in [0.25, 0.3) is 0 Å². The Morgan fingerprint density at radius 1 is 0.955 bits per heavy atom. The molecule has 22 heavy (non-hydrogen) atoms. The summed E-state index contributed by atoms with van der Waals surface area (Å²) < 4.78 is 0. The van der Waals surface area contributed by atoms with Gasteiger partial charge in [0.2, 0.25) is 0 Å². The summed E-state index contributed by atoms with van der Waals surface area (Å²) in [6, 6.07) is 0. The molecule has 0 radical (unpaired) electrons. The van der Waals surface area contributed by atoms with Gasteiger partial charge in [-0.25, -0.2) is 0 Å². The molecule has 4 rings (SSSR count). The summed E-state index contributed by atoms with van der Waals surface area (Å²) in [6.45, 7) is 10.3. The molecule has 0 aromatic heterocycles. The van der Waals surface area contributed by atoms with Gasteiger partial charge in [0.1, 0.15) is 11.2 Å². The molecule has 2 bridgehead atoms. The molecule has 2 N–H and O–H groups in total. The molecule has 0 heterocycles. The summed E-state index contributed by atoms with van der Waals surface area (Å²) in [5.41, 5.74) is -3.45. The fraction of sp³-hybridized carbons (Fsp3) is 0.667. The number of ketones is 2. The number of fused-ring (bicyclic) bond motifs is 1. The lowest BCUT2D eigenvalue weighted by molar-refractivity contribution is -0.203. The average Bonchev–Trinajstić information content (AvgIpc) is 2.37. The second-order valence-electron chi connectivity index (χ2n) is 8.11. The van der Waals surface area contributed by atoms with Gasteiger partial charge in [-0.3, -0.25) is 9.59 Å². The van der Waals surface area contributed by atoms with Crippen molar-refractivity contribution >= 4 is 11.6 Å². The minimum absolute atomic E-state index is 0.233. The maximum absolute atomic E-state index is 12.9. The molecule has 6 atom stereocenters. The zero-order chi connectivity index (χ0) is 16.9. The van der Waals surface area contributed by atoms with Crippen LogP contribution in [-0.2, 0) is 9.59 Å². The van der Waals surface area contributed by atoms with Crippen LogP contribution in [0.1, 0.15) is 41.5 Å². The quantitative estimate of drug-likeness (QED) is 0.669. The zero-order valence-electron chi connectivity index (χ0n) is 14.0. The fourth-order valence-corrected chi connectivity index (χ4v) is 5.58. The SMILES string of the molecule is CC1=C[C@]2(C)[C@@H]([C@H]3C(C)=C[C@@]2(C)C(=O)[C@@]3(C)O)C(C)(O)C1=O. The molecule has 1 fully saturated rings. The Hall–Kier alpha value is -1.26. The highest BCUT2D eigenvalue weighted by molar-refractivity contribution is 6.05. The van der Waals surface area contributed by atoms with Gasteiger partial charge in [0.25, 0.3) is 0 Å². The molecule has 4 aliphatic rings. The predicted octanol–water partition coefficient (Wildman–Crippen LogP) is 1.80. The van der Waals surface area contributed by atoms with Gasteiger partial charge in [0.05, 0.1) is 5.41 Å². The molecule has 120 valence electrons. The second-order valence-corrected chi connectivity index (χ2v) is 8.11. The van der Waals surface area contributed by atoms with E-state index in [0.717, 1.165) is 5.57 Å². The highest BCUT2D eigenvalue weighted by Crippen LogP contribution is 2.67. The summed E-state index contributed by atoms with van der Waals surface area (Å²) in [6.07, 6.45) is 3.76. The molecule has 0 spiro atoms. The van der Waals surface area contributed by atoms with E-state index in [2.05, 4.69) is 0 Å². The third-order valence-corrected chi connectivity index (χ3v) is 6.58. The van der Waals surface area contributed by atoms with Gasteiger partial charge >= 0.3 is 0 Å². The Morgan fingerprint density at radius 3 is 2.05 bits per heavy atom. The second kappa shape index (κ2) is 3.80. The summed E-state index contributed by atoms with van der Waals surface area (Å²) in [5.74, 6) is -1.64. The number of hydrogen-bond donors (Lipinski definition) is 2. The Labute approximate surface area is 130 Å². The smallest absolute Gasteiger partial charge is 0.189 e. The van der Waals surface area contributed by atoms with E-state index in [1.807, 2.05) is 32.9 Å². The highest BCUT2D eigenvalue weighted by atomic mass is 16.3. The molecule has 0 aliphatic heterocycles. The van der Waals surface area contributed by atoms with Crippen LogP contribution in [0.5, 0.6) is 0 Å². The van der Waals surface area contributed by atoms with E-state index in [9.17, 15) is 19.8 Å². The first-order valence-electron chi connectivity index (χ1n) is 7.75. The van der Waals surface area contributed by atoms with E-state index in [1.165, 1.54) is 13.8 Å². The van der Waals surface area contributed by atoms with E-state index < -0.39 is 33.9 Å². The summed E-state index contributed by atoms with van der Waals surface area (Å²) in [7, 11) is 0. The zero-order valence-corrected chi connectivity index (χ0v) is 14.0. The lowest BCUT2D eigenvalue weighted by Gasteiger charge is -2.66. The Morgan fingerprint density at radius 2 is 1.50 bits per heavy atom. The van der Waals surface area contributed by atoms with E-state index in [1.54, 1.807) is 6.92 Å². The molecule has 0 aromatic carbocycles. The largest absolute Gasteiger partial charge is 0.382 e. The fourth-order valence-electron chi connectivity index (χ4n) is 5.58. The molecule has 4 aliphatic carbocycles. The number of carbonyl (C=O) groups is 2. The van der Waals surface area contributed by atoms with Gasteiger partial charge < -0.3 is 10.2 Å². The topological polar surface area (TPSA) is 74.6 Å². The third-order valence-electron chi connectivity index (χ3n) is 6.58. The van der Waals surface area contributed by atoms with E-state index in [0.29, 0.717) is 5.57 Å². The van der Waals surface area contributed by atoms with E-state index in [4.69, 9.17) is 0 Å². The van der Waals surface area contributed by atoms with Crippen LogP contribution < -0.4 is 0 Å². The van der Waals surface area contributed by atoms with Crippen molar-refractivity contribution in [3.8, 4) is 0 Å². The van der Waals surface area contributed by atoms with Crippen LogP contribution in [0.2, 0.25) is 0 Å². The average molecular weight is 304 g/mol. The third kappa shape index (κ3) is 1.36.